The monoisotopic (exact) mass is 427 g/mol. The number of alkyl halides is 1. The zero-order chi connectivity index (χ0) is 14.8. The van der Waals surface area contributed by atoms with Crippen LogP contribution in [-0.2, 0) is 10.0 Å². The van der Waals surface area contributed by atoms with Crippen LogP contribution in [0.5, 0.6) is 0 Å². The molecule has 3 nitrogen and oxygen atoms in total. The van der Waals surface area contributed by atoms with Crippen LogP contribution in [0, 0.1) is 17.7 Å². The van der Waals surface area contributed by atoms with E-state index in [1.807, 2.05) is 0 Å². The lowest BCUT2D eigenvalue weighted by atomic mass is 9.99. The number of nitrogens with one attached hydrogen (secondary N) is 1. The van der Waals surface area contributed by atoms with Gasteiger partial charge in [0, 0.05) is 16.3 Å². The number of hydrogen-bond donors (Lipinski definition) is 1. The van der Waals surface area contributed by atoms with Crippen LogP contribution in [0.4, 0.5) is 4.39 Å². The predicted octanol–water partition coefficient (Wildman–Crippen LogP) is 3.68. The van der Waals surface area contributed by atoms with E-state index in [4.69, 9.17) is 0 Å². The smallest absolute Gasteiger partial charge is 0.211 e. The quantitative estimate of drug-likeness (QED) is 0.727. The van der Waals surface area contributed by atoms with Crippen LogP contribution in [-0.4, -0.2) is 20.3 Å². The van der Waals surface area contributed by atoms with Gasteiger partial charge in [0.15, 0.2) is 0 Å². The summed E-state index contributed by atoms with van der Waals surface area (Å²) in [6, 6.07) is 3.96. The molecule has 0 saturated heterocycles. The fourth-order valence-electron chi connectivity index (χ4n) is 2.57. The lowest BCUT2D eigenvalue weighted by Crippen LogP contribution is -2.31. The Morgan fingerprint density at radius 1 is 1.30 bits per heavy atom. The van der Waals surface area contributed by atoms with E-state index in [1.165, 1.54) is 12.1 Å². The van der Waals surface area contributed by atoms with E-state index in [0.29, 0.717) is 22.9 Å². The third-order valence-corrected chi connectivity index (χ3v) is 6.52. The number of rotatable bonds is 5. The molecule has 0 heterocycles. The lowest BCUT2D eigenvalue weighted by molar-refractivity contribution is 0.421. The van der Waals surface area contributed by atoms with Gasteiger partial charge in [-0.1, -0.05) is 38.3 Å². The molecule has 1 fully saturated rings. The Kier molecular flexibility index (Phi) is 5.62. The van der Waals surface area contributed by atoms with E-state index < -0.39 is 15.8 Å². The summed E-state index contributed by atoms with van der Waals surface area (Å²) in [6.45, 7) is 0.369. The number of benzene rings is 1. The topological polar surface area (TPSA) is 46.2 Å². The van der Waals surface area contributed by atoms with Crippen molar-refractivity contribution in [1.29, 1.82) is 0 Å². The molecule has 1 aliphatic carbocycles. The van der Waals surface area contributed by atoms with Crippen molar-refractivity contribution >= 4 is 41.9 Å². The third-order valence-electron chi connectivity index (χ3n) is 3.73. The molecule has 1 aliphatic rings. The van der Waals surface area contributed by atoms with Gasteiger partial charge in [0.25, 0.3) is 0 Å². The highest BCUT2D eigenvalue weighted by Gasteiger charge is 2.28. The zero-order valence-corrected chi connectivity index (χ0v) is 14.8. The summed E-state index contributed by atoms with van der Waals surface area (Å²) in [5, 5.41) is 0.881. The minimum Gasteiger partial charge on any atom is -0.211 e. The fraction of sp³-hybridized carbons (Fsp3) is 0.538. The second-order valence-electron chi connectivity index (χ2n) is 5.03. The van der Waals surface area contributed by atoms with E-state index in [2.05, 4.69) is 36.6 Å². The van der Waals surface area contributed by atoms with Crippen molar-refractivity contribution in [3.63, 3.8) is 0 Å². The number of sulfonamides is 1. The Labute approximate surface area is 135 Å². The summed E-state index contributed by atoms with van der Waals surface area (Å²) < 4.78 is 41.1. The third kappa shape index (κ3) is 3.81. The highest BCUT2D eigenvalue weighted by molar-refractivity contribution is 9.10. The molecule has 0 spiro atoms. The molecular weight excluding hydrogens is 413 g/mol. The molecule has 1 aromatic carbocycles. The number of halogens is 3. The SMILES string of the molecule is O=S(=O)(NCC1CCCC1CBr)c1ccc(Br)cc1F. The van der Waals surface area contributed by atoms with Gasteiger partial charge in [0.05, 0.1) is 0 Å². The molecule has 0 aliphatic heterocycles. The van der Waals surface area contributed by atoms with Crippen molar-refractivity contribution in [1.82, 2.24) is 4.72 Å². The standard InChI is InChI=1S/C13H16Br2FNO2S/c14-7-9-2-1-3-10(9)8-17-20(18,19)13-5-4-11(15)6-12(13)16/h4-6,9-10,17H,1-3,7-8H2. The van der Waals surface area contributed by atoms with E-state index in [1.54, 1.807) is 0 Å². The van der Waals surface area contributed by atoms with Gasteiger partial charge in [-0.2, -0.15) is 0 Å². The minimum atomic E-state index is -3.79. The molecule has 2 atom stereocenters. The summed E-state index contributed by atoms with van der Waals surface area (Å²) in [5.41, 5.74) is 0. The van der Waals surface area contributed by atoms with Gasteiger partial charge in [-0.3, -0.25) is 0 Å². The summed E-state index contributed by atoms with van der Waals surface area (Å²) >= 11 is 6.57. The molecule has 1 N–H and O–H groups in total. The Morgan fingerprint density at radius 2 is 2.00 bits per heavy atom. The highest BCUT2D eigenvalue weighted by atomic mass is 79.9. The first-order valence-corrected chi connectivity index (χ1v) is 9.84. The van der Waals surface area contributed by atoms with Gasteiger partial charge in [-0.25, -0.2) is 17.5 Å². The first kappa shape index (κ1) is 16.4. The van der Waals surface area contributed by atoms with E-state index in [9.17, 15) is 12.8 Å². The average Bonchev–Trinajstić information content (AvgIpc) is 2.83. The van der Waals surface area contributed by atoms with Gasteiger partial charge in [-0.05, 0) is 42.9 Å². The van der Waals surface area contributed by atoms with Gasteiger partial charge in [-0.15, -0.1) is 0 Å². The fourth-order valence-corrected chi connectivity index (χ4v) is 4.91. The number of hydrogen-bond acceptors (Lipinski definition) is 2. The van der Waals surface area contributed by atoms with Crippen molar-refractivity contribution in [2.45, 2.75) is 24.2 Å². The molecule has 20 heavy (non-hydrogen) atoms. The van der Waals surface area contributed by atoms with Crippen molar-refractivity contribution < 1.29 is 12.8 Å². The van der Waals surface area contributed by atoms with Crippen molar-refractivity contribution in [2.24, 2.45) is 11.8 Å². The molecule has 2 unspecified atom stereocenters. The maximum atomic E-state index is 13.7. The summed E-state index contributed by atoms with van der Waals surface area (Å²) in [7, 11) is -3.79. The lowest BCUT2D eigenvalue weighted by Gasteiger charge is -2.18. The van der Waals surface area contributed by atoms with Gasteiger partial charge in [0.2, 0.25) is 10.0 Å². The second-order valence-corrected chi connectivity index (χ2v) is 8.33. The Balaban J connectivity index is 2.07. The second kappa shape index (κ2) is 6.85. The summed E-state index contributed by atoms with van der Waals surface area (Å²) in [5.74, 6) is 0.0745. The molecule has 0 aromatic heterocycles. The molecule has 0 amide bonds. The van der Waals surface area contributed by atoms with Crippen molar-refractivity contribution in [2.75, 3.05) is 11.9 Å². The van der Waals surface area contributed by atoms with E-state index >= 15 is 0 Å². The van der Waals surface area contributed by atoms with E-state index in [0.717, 1.165) is 30.7 Å². The normalized spacial score (nSPS) is 23.1. The first-order chi connectivity index (χ1) is 9.44. The van der Waals surface area contributed by atoms with Crippen LogP contribution in [0.25, 0.3) is 0 Å². The minimum absolute atomic E-state index is 0.297. The molecule has 112 valence electrons. The Bertz CT molecular complexity index is 580. The molecule has 1 aromatic rings. The summed E-state index contributed by atoms with van der Waals surface area (Å²) in [4.78, 5) is -0.297. The van der Waals surface area contributed by atoms with Crippen molar-refractivity contribution in [3.8, 4) is 0 Å². The van der Waals surface area contributed by atoms with Crippen LogP contribution in [0.2, 0.25) is 0 Å². The average molecular weight is 429 g/mol. The largest absolute Gasteiger partial charge is 0.243 e. The molecule has 2 rings (SSSR count). The van der Waals surface area contributed by atoms with Gasteiger partial charge >= 0.3 is 0 Å². The van der Waals surface area contributed by atoms with E-state index in [-0.39, 0.29) is 4.90 Å². The van der Waals surface area contributed by atoms with Crippen LogP contribution in [0.3, 0.4) is 0 Å². The highest BCUT2D eigenvalue weighted by Crippen LogP contribution is 2.32. The summed E-state index contributed by atoms with van der Waals surface area (Å²) in [6.07, 6.45) is 3.25. The zero-order valence-electron chi connectivity index (χ0n) is 10.8. The van der Waals surface area contributed by atoms with Gasteiger partial charge < -0.3 is 0 Å². The van der Waals surface area contributed by atoms with Crippen LogP contribution in [0.15, 0.2) is 27.6 Å². The molecule has 0 bridgehead atoms. The van der Waals surface area contributed by atoms with Crippen LogP contribution in [0.1, 0.15) is 19.3 Å². The molecule has 1 saturated carbocycles. The van der Waals surface area contributed by atoms with Crippen molar-refractivity contribution in [3.05, 3.63) is 28.5 Å². The molecule has 0 radical (unpaired) electrons. The Morgan fingerprint density at radius 3 is 2.65 bits per heavy atom. The maximum Gasteiger partial charge on any atom is 0.243 e. The van der Waals surface area contributed by atoms with Gasteiger partial charge in [0.1, 0.15) is 10.7 Å². The molecular formula is C13H16Br2FNO2S. The first-order valence-electron chi connectivity index (χ1n) is 6.44. The maximum absolute atomic E-state index is 13.7. The molecule has 7 heteroatoms. The van der Waals surface area contributed by atoms with Crippen LogP contribution < -0.4 is 4.72 Å². The predicted molar refractivity (Wildman–Crippen MR) is 83.9 cm³/mol. The Hall–Kier alpha value is 0.0200. The van der Waals surface area contributed by atoms with Crippen LogP contribution >= 0.6 is 31.9 Å².